The van der Waals surface area contributed by atoms with E-state index in [1.54, 1.807) is 24.3 Å². The Kier molecular flexibility index (Phi) is 6.33. The van der Waals surface area contributed by atoms with Gasteiger partial charge < -0.3 is 18.8 Å². The van der Waals surface area contributed by atoms with Gasteiger partial charge in [-0.25, -0.2) is 8.78 Å². The molecule has 0 atom stereocenters. The Balaban J connectivity index is 1.40. The van der Waals surface area contributed by atoms with Crippen molar-refractivity contribution in [3.63, 3.8) is 0 Å². The van der Waals surface area contributed by atoms with E-state index in [1.807, 2.05) is 36.4 Å². The fourth-order valence-electron chi connectivity index (χ4n) is 2.65. The van der Waals surface area contributed by atoms with E-state index < -0.39 is 11.6 Å². The van der Waals surface area contributed by atoms with E-state index in [4.69, 9.17) is 18.8 Å². The van der Waals surface area contributed by atoms with Gasteiger partial charge in [-0.1, -0.05) is 36.4 Å². The largest absolute Gasteiger partial charge is 0.658 e. The van der Waals surface area contributed by atoms with Crippen molar-refractivity contribution < 1.29 is 27.6 Å². The van der Waals surface area contributed by atoms with E-state index >= 15 is 0 Å². The van der Waals surface area contributed by atoms with Crippen LogP contribution >= 0.6 is 0 Å². The zero-order chi connectivity index (χ0) is 21.5. The lowest BCUT2D eigenvalue weighted by atomic mass is 10.2. The Labute approximate surface area is 178 Å². The third kappa shape index (κ3) is 5.54. The molecule has 0 heterocycles. The lowest BCUT2D eigenvalue weighted by molar-refractivity contribution is 0.412. The second-order valence-electron chi connectivity index (χ2n) is 6.35. The minimum absolute atomic E-state index is 0.134. The van der Waals surface area contributed by atoms with Crippen LogP contribution in [0.2, 0.25) is 0 Å². The fourth-order valence-corrected chi connectivity index (χ4v) is 2.65. The molecule has 0 aromatic heterocycles. The van der Waals surface area contributed by atoms with Crippen LogP contribution in [-0.2, 0) is 0 Å². The molecule has 1 radical (unpaired) electrons. The highest BCUT2D eigenvalue weighted by atomic mass is 19.1. The van der Waals surface area contributed by atoms with Gasteiger partial charge in [0, 0.05) is 12.1 Å². The molecular formula is C24H16BF2O4. The van der Waals surface area contributed by atoms with E-state index in [1.165, 1.54) is 36.4 Å². The molecule has 31 heavy (non-hydrogen) atoms. The highest BCUT2D eigenvalue weighted by Crippen LogP contribution is 2.29. The molecule has 0 fully saturated rings. The summed E-state index contributed by atoms with van der Waals surface area (Å²) in [6, 6.07) is 26.2. The maximum atomic E-state index is 14.1. The van der Waals surface area contributed by atoms with Crippen molar-refractivity contribution in [1.82, 2.24) is 0 Å². The summed E-state index contributed by atoms with van der Waals surface area (Å²) >= 11 is 0. The van der Waals surface area contributed by atoms with E-state index in [9.17, 15) is 8.78 Å². The Morgan fingerprint density at radius 3 is 1.32 bits per heavy atom. The molecular weight excluding hydrogens is 401 g/mol. The van der Waals surface area contributed by atoms with Gasteiger partial charge in [-0.15, -0.1) is 0 Å². The van der Waals surface area contributed by atoms with Gasteiger partial charge in [-0.05, 0) is 48.5 Å². The lowest BCUT2D eigenvalue weighted by Gasteiger charge is -2.11. The average molecular weight is 417 g/mol. The molecule has 0 saturated heterocycles. The first-order valence-electron chi connectivity index (χ1n) is 9.37. The molecule has 0 aliphatic carbocycles. The van der Waals surface area contributed by atoms with E-state index in [0.717, 1.165) is 7.69 Å². The molecule has 0 aliphatic rings. The van der Waals surface area contributed by atoms with Crippen LogP contribution in [0.15, 0.2) is 97.1 Å². The number of ether oxygens (including phenoxy) is 2. The summed E-state index contributed by atoms with van der Waals surface area (Å²) in [4.78, 5) is 0. The van der Waals surface area contributed by atoms with Crippen LogP contribution in [0.3, 0.4) is 0 Å². The van der Waals surface area contributed by atoms with Gasteiger partial charge in [0.15, 0.2) is 11.6 Å². The number of benzene rings is 4. The second-order valence-corrected chi connectivity index (χ2v) is 6.35. The zero-order valence-electron chi connectivity index (χ0n) is 16.2. The first kappa shape index (κ1) is 20.3. The molecule has 4 aromatic rings. The van der Waals surface area contributed by atoms with E-state index in [2.05, 4.69) is 0 Å². The third-order valence-electron chi connectivity index (χ3n) is 4.11. The lowest BCUT2D eigenvalue weighted by Crippen LogP contribution is -2.12. The van der Waals surface area contributed by atoms with E-state index in [0.29, 0.717) is 23.0 Å². The predicted molar refractivity (Wildman–Crippen MR) is 113 cm³/mol. The predicted octanol–water partition coefficient (Wildman–Crippen LogP) is 6.54. The molecule has 0 spiro atoms. The van der Waals surface area contributed by atoms with Crippen LogP contribution in [0.4, 0.5) is 8.78 Å². The SMILES string of the molecule is Fc1ccc(Oc2ccccc2)cc1O[B]Oc1cc(Oc2ccccc2)ccc1F. The van der Waals surface area contributed by atoms with Gasteiger partial charge in [-0.2, -0.15) is 0 Å². The molecule has 4 aromatic carbocycles. The summed E-state index contributed by atoms with van der Waals surface area (Å²) in [5.41, 5.74) is 0. The average Bonchev–Trinajstić information content (AvgIpc) is 2.79. The summed E-state index contributed by atoms with van der Waals surface area (Å²) in [5.74, 6) is 0.427. The van der Waals surface area contributed by atoms with Crippen molar-refractivity contribution in [3.05, 3.63) is 109 Å². The van der Waals surface area contributed by atoms with Crippen molar-refractivity contribution in [2.75, 3.05) is 0 Å². The maximum absolute atomic E-state index is 14.1. The Bertz CT molecular complexity index is 1050. The first-order valence-corrected chi connectivity index (χ1v) is 9.37. The number of para-hydroxylation sites is 2. The van der Waals surface area contributed by atoms with Crippen molar-refractivity contribution in [2.24, 2.45) is 0 Å². The number of hydrogen-bond donors (Lipinski definition) is 0. The Hall–Kier alpha value is -4.00. The summed E-state index contributed by atoms with van der Waals surface area (Å²) in [6.07, 6.45) is 0. The molecule has 0 saturated carbocycles. The normalized spacial score (nSPS) is 10.3. The first-order chi connectivity index (χ1) is 15.2. The summed E-state index contributed by atoms with van der Waals surface area (Å²) in [7, 11) is 0.843. The van der Waals surface area contributed by atoms with E-state index in [-0.39, 0.29) is 11.5 Å². The zero-order valence-corrected chi connectivity index (χ0v) is 16.2. The molecule has 0 N–H and O–H groups in total. The monoisotopic (exact) mass is 417 g/mol. The molecule has 0 bridgehead atoms. The number of hydrogen-bond acceptors (Lipinski definition) is 4. The van der Waals surface area contributed by atoms with Crippen molar-refractivity contribution in [3.8, 4) is 34.5 Å². The van der Waals surface area contributed by atoms with Crippen molar-refractivity contribution >= 4 is 7.69 Å². The third-order valence-corrected chi connectivity index (χ3v) is 4.11. The highest BCUT2D eigenvalue weighted by molar-refractivity contribution is 6.20. The fraction of sp³-hybridized carbons (Fsp3) is 0. The quantitative estimate of drug-likeness (QED) is 0.305. The molecule has 4 rings (SSSR count). The highest BCUT2D eigenvalue weighted by Gasteiger charge is 2.12. The number of halogens is 2. The summed E-state index contributed by atoms with van der Waals surface area (Å²) in [5, 5.41) is 0. The molecule has 153 valence electrons. The van der Waals surface area contributed by atoms with Gasteiger partial charge in [-0.3, -0.25) is 0 Å². The standard InChI is InChI=1S/C24H16BF2O4/c26-21-13-11-19(28-17-7-3-1-4-8-17)15-23(21)30-25-31-24-16-20(12-14-22(24)27)29-18-9-5-2-6-10-18/h1-16H. The van der Waals surface area contributed by atoms with Gasteiger partial charge in [0.25, 0.3) is 0 Å². The summed E-state index contributed by atoms with van der Waals surface area (Å²) in [6.45, 7) is 0. The maximum Gasteiger partial charge on any atom is 0.658 e. The van der Waals surface area contributed by atoms with Crippen LogP contribution in [0, 0.1) is 11.6 Å². The number of rotatable bonds is 8. The minimum Gasteiger partial charge on any atom is -0.524 e. The van der Waals surface area contributed by atoms with Crippen molar-refractivity contribution in [2.45, 2.75) is 0 Å². The van der Waals surface area contributed by atoms with Crippen molar-refractivity contribution in [1.29, 1.82) is 0 Å². The topological polar surface area (TPSA) is 36.9 Å². The van der Waals surface area contributed by atoms with Gasteiger partial charge in [0.1, 0.15) is 34.5 Å². The van der Waals surface area contributed by atoms with Crippen LogP contribution in [-0.4, -0.2) is 7.69 Å². The molecule has 7 heteroatoms. The molecule has 4 nitrogen and oxygen atoms in total. The second kappa shape index (κ2) is 9.67. The van der Waals surface area contributed by atoms with Crippen LogP contribution in [0.5, 0.6) is 34.5 Å². The van der Waals surface area contributed by atoms with Gasteiger partial charge in [0.2, 0.25) is 0 Å². The molecule has 0 aliphatic heterocycles. The molecule has 0 amide bonds. The van der Waals surface area contributed by atoms with Crippen LogP contribution < -0.4 is 18.8 Å². The Morgan fingerprint density at radius 1 is 0.484 bits per heavy atom. The minimum atomic E-state index is -0.623. The van der Waals surface area contributed by atoms with Crippen LogP contribution in [0.1, 0.15) is 0 Å². The van der Waals surface area contributed by atoms with Crippen LogP contribution in [0.25, 0.3) is 0 Å². The molecule has 0 unspecified atom stereocenters. The Morgan fingerprint density at radius 2 is 0.903 bits per heavy atom. The smallest absolute Gasteiger partial charge is 0.524 e. The van der Waals surface area contributed by atoms with Gasteiger partial charge in [0.05, 0.1) is 0 Å². The summed E-state index contributed by atoms with van der Waals surface area (Å²) < 4.78 is 49.9. The van der Waals surface area contributed by atoms with Gasteiger partial charge >= 0.3 is 7.69 Å².